The Morgan fingerprint density at radius 1 is 1.07 bits per heavy atom. The molecule has 0 bridgehead atoms. The largest absolute Gasteiger partial charge is 0.493 e. The number of benzene rings is 2. The van der Waals surface area contributed by atoms with Gasteiger partial charge in [0, 0.05) is 42.4 Å². The fraction of sp³-hybridized carbons (Fsp3) is 0.300. The predicted molar refractivity (Wildman–Crippen MR) is 120 cm³/mol. The van der Waals surface area contributed by atoms with Gasteiger partial charge in [-0.2, -0.15) is 0 Å². The minimum absolute atomic E-state index is 0.120. The SMILES string of the molecule is COc1ccc(NC(=O)N2CCN(c3nc4ccc(Br)cc4s3)CC2)cc1OC. The number of amides is 2. The molecule has 1 N–H and O–H groups in total. The molecule has 0 radical (unpaired) electrons. The highest BCUT2D eigenvalue weighted by Gasteiger charge is 2.23. The number of hydrogen-bond donors (Lipinski definition) is 1. The Labute approximate surface area is 181 Å². The molecular formula is C20H21BrN4O3S. The van der Waals surface area contributed by atoms with E-state index in [0.29, 0.717) is 30.3 Å². The number of urea groups is 1. The minimum atomic E-state index is -0.120. The number of rotatable bonds is 4. The van der Waals surface area contributed by atoms with Crippen molar-refractivity contribution in [3.63, 3.8) is 0 Å². The molecule has 0 atom stereocenters. The maximum absolute atomic E-state index is 12.6. The van der Waals surface area contributed by atoms with Crippen LogP contribution >= 0.6 is 27.3 Å². The number of anilines is 2. The Morgan fingerprint density at radius 2 is 1.83 bits per heavy atom. The van der Waals surface area contributed by atoms with Gasteiger partial charge in [-0.3, -0.25) is 0 Å². The van der Waals surface area contributed by atoms with Crippen LogP contribution in [0.3, 0.4) is 0 Å². The highest BCUT2D eigenvalue weighted by atomic mass is 79.9. The van der Waals surface area contributed by atoms with Gasteiger partial charge in [0.15, 0.2) is 16.6 Å². The first-order chi connectivity index (χ1) is 14.1. The van der Waals surface area contributed by atoms with Crippen molar-refractivity contribution in [2.45, 2.75) is 0 Å². The Balaban J connectivity index is 1.38. The predicted octanol–water partition coefficient (Wildman–Crippen LogP) is 4.43. The van der Waals surface area contributed by atoms with Crippen LogP contribution in [-0.2, 0) is 0 Å². The zero-order valence-corrected chi connectivity index (χ0v) is 18.5. The Hall–Kier alpha value is -2.52. The van der Waals surface area contributed by atoms with Gasteiger partial charge in [-0.15, -0.1) is 0 Å². The van der Waals surface area contributed by atoms with Crippen LogP contribution in [0, 0.1) is 0 Å². The number of thiazole rings is 1. The maximum atomic E-state index is 12.6. The van der Waals surface area contributed by atoms with Gasteiger partial charge in [-0.1, -0.05) is 27.3 Å². The van der Waals surface area contributed by atoms with E-state index >= 15 is 0 Å². The number of piperazine rings is 1. The van der Waals surface area contributed by atoms with E-state index in [2.05, 4.69) is 32.2 Å². The highest BCUT2D eigenvalue weighted by molar-refractivity contribution is 9.10. The number of carbonyl (C=O) groups excluding carboxylic acids is 1. The van der Waals surface area contributed by atoms with Gasteiger partial charge in [0.05, 0.1) is 24.4 Å². The van der Waals surface area contributed by atoms with Crippen molar-refractivity contribution in [1.29, 1.82) is 0 Å². The van der Waals surface area contributed by atoms with Gasteiger partial charge in [0.2, 0.25) is 0 Å². The standard InChI is InChI=1S/C20H21BrN4O3S/c1-27-16-6-4-14(12-17(16)28-2)22-19(26)24-7-9-25(10-8-24)20-23-15-5-3-13(21)11-18(15)29-20/h3-6,11-12H,7-10H2,1-2H3,(H,22,26). The van der Waals surface area contributed by atoms with Gasteiger partial charge in [0.25, 0.3) is 0 Å². The zero-order valence-electron chi connectivity index (χ0n) is 16.1. The lowest BCUT2D eigenvalue weighted by Gasteiger charge is -2.34. The van der Waals surface area contributed by atoms with Crippen molar-refractivity contribution in [2.24, 2.45) is 0 Å². The summed E-state index contributed by atoms with van der Waals surface area (Å²) in [6.45, 7) is 2.78. The molecular weight excluding hydrogens is 456 g/mol. The van der Waals surface area contributed by atoms with Crippen LogP contribution in [-0.4, -0.2) is 56.3 Å². The van der Waals surface area contributed by atoms with Crippen LogP contribution in [0.15, 0.2) is 40.9 Å². The van der Waals surface area contributed by atoms with E-state index in [4.69, 9.17) is 14.5 Å². The molecule has 1 aliphatic heterocycles. The molecule has 0 unspecified atom stereocenters. The molecule has 0 spiro atoms. The van der Waals surface area contributed by atoms with Crippen molar-refractivity contribution in [3.05, 3.63) is 40.9 Å². The average Bonchev–Trinajstić information content (AvgIpc) is 3.17. The molecule has 152 valence electrons. The number of nitrogens with zero attached hydrogens (tertiary/aromatic N) is 3. The maximum Gasteiger partial charge on any atom is 0.321 e. The Kier molecular flexibility index (Phi) is 5.77. The summed E-state index contributed by atoms with van der Waals surface area (Å²) in [5.74, 6) is 1.21. The second-order valence-corrected chi connectivity index (χ2v) is 8.51. The third-order valence-electron chi connectivity index (χ3n) is 4.81. The normalized spacial score (nSPS) is 14.2. The molecule has 29 heavy (non-hydrogen) atoms. The first kappa shape index (κ1) is 19.8. The Morgan fingerprint density at radius 3 is 2.55 bits per heavy atom. The van der Waals surface area contributed by atoms with Crippen LogP contribution in [0.5, 0.6) is 11.5 Å². The van der Waals surface area contributed by atoms with Crippen molar-refractivity contribution < 1.29 is 14.3 Å². The van der Waals surface area contributed by atoms with E-state index in [1.807, 2.05) is 17.0 Å². The van der Waals surface area contributed by atoms with Crippen LogP contribution < -0.4 is 19.7 Å². The third-order valence-corrected chi connectivity index (χ3v) is 6.38. The molecule has 2 aromatic carbocycles. The topological polar surface area (TPSA) is 66.9 Å². The average molecular weight is 477 g/mol. The van der Waals surface area contributed by atoms with Crippen LogP contribution in [0.1, 0.15) is 0 Å². The van der Waals surface area contributed by atoms with Crippen molar-refractivity contribution in [3.8, 4) is 11.5 Å². The number of halogens is 1. The molecule has 1 aromatic heterocycles. The fourth-order valence-electron chi connectivity index (χ4n) is 3.24. The van der Waals surface area contributed by atoms with Gasteiger partial charge in [0.1, 0.15) is 0 Å². The molecule has 7 nitrogen and oxygen atoms in total. The van der Waals surface area contributed by atoms with Crippen LogP contribution in [0.4, 0.5) is 15.6 Å². The number of ether oxygens (including phenoxy) is 2. The zero-order chi connectivity index (χ0) is 20.4. The quantitative estimate of drug-likeness (QED) is 0.603. The molecule has 2 amide bonds. The molecule has 3 aromatic rings. The van der Waals surface area contributed by atoms with E-state index in [0.717, 1.165) is 32.9 Å². The lowest BCUT2D eigenvalue weighted by atomic mass is 10.2. The van der Waals surface area contributed by atoms with E-state index in [1.165, 1.54) is 0 Å². The Bertz CT molecular complexity index is 1030. The number of carbonyl (C=O) groups is 1. The molecule has 1 fully saturated rings. The second kappa shape index (κ2) is 8.46. The molecule has 1 aliphatic rings. The fourth-order valence-corrected chi connectivity index (χ4v) is 4.81. The van der Waals surface area contributed by atoms with Gasteiger partial charge >= 0.3 is 6.03 Å². The third kappa shape index (κ3) is 4.25. The van der Waals surface area contributed by atoms with E-state index < -0.39 is 0 Å². The van der Waals surface area contributed by atoms with Crippen molar-refractivity contribution >= 4 is 54.3 Å². The molecule has 9 heteroatoms. The number of nitrogens with one attached hydrogen (secondary N) is 1. The summed E-state index contributed by atoms with van der Waals surface area (Å²) in [4.78, 5) is 21.4. The lowest BCUT2D eigenvalue weighted by Crippen LogP contribution is -2.50. The second-order valence-electron chi connectivity index (χ2n) is 6.58. The molecule has 2 heterocycles. The molecule has 1 saturated heterocycles. The molecule has 0 saturated carbocycles. The van der Waals surface area contributed by atoms with Crippen LogP contribution in [0.2, 0.25) is 0 Å². The number of aromatic nitrogens is 1. The van der Waals surface area contributed by atoms with Gasteiger partial charge in [-0.05, 0) is 30.3 Å². The minimum Gasteiger partial charge on any atom is -0.493 e. The molecule has 0 aliphatic carbocycles. The van der Waals surface area contributed by atoms with E-state index in [1.54, 1.807) is 43.8 Å². The van der Waals surface area contributed by atoms with E-state index in [9.17, 15) is 4.79 Å². The highest BCUT2D eigenvalue weighted by Crippen LogP contribution is 2.32. The summed E-state index contributed by atoms with van der Waals surface area (Å²) in [5, 5.41) is 3.93. The summed E-state index contributed by atoms with van der Waals surface area (Å²) in [7, 11) is 3.16. The summed E-state index contributed by atoms with van der Waals surface area (Å²) in [6, 6.07) is 11.3. The van der Waals surface area contributed by atoms with Crippen molar-refractivity contribution in [2.75, 3.05) is 50.6 Å². The monoisotopic (exact) mass is 476 g/mol. The smallest absolute Gasteiger partial charge is 0.321 e. The summed E-state index contributed by atoms with van der Waals surface area (Å²) in [6.07, 6.45) is 0. The number of methoxy groups -OCH3 is 2. The van der Waals surface area contributed by atoms with Crippen LogP contribution in [0.25, 0.3) is 10.2 Å². The summed E-state index contributed by atoms with van der Waals surface area (Å²) in [5.41, 5.74) is 1.67. The summed E-state index contributed by atoms with van der Waals surface area (Å²) >= 11 is 5.18. The number of hydrogen-bond acceptors (Lipinski definition) is 6. The van der Waals surface area contributed by atoms with Crippen molar-refractivity contribution in [1.82, 2.24) is 9.88 Å². The number of fused-ring (bicyclic) bond motifs is 1. The van der Waals surface area contributed by atoms with Gasteiger partial charge in [-0.25, -0.2) is 9.78 Å². The lowest BCUT2D eigenvalue weighted by molar-refractivity contribution is 0.208. The first-order valence-electron chi connectivity index (χ1n) is 9.16. The first-order valence-corrected chi connectivity index (χ1v) is 10.8. The summed E-state index contributed by atoms with van der Waals surface area (Å²) < 4.78 is 12.7. The van der Waals surface area contributed by atoms with E-state index in [-0.39, 0.29) is 6.03 Å². The van der Waals surface area contributed by atoms with Gasteiger partial charge < -0.3 is 24.6 Å². The molecule has 4 rings (SSSR count).